The molecule has 0 saturated carbocycles. The molecule has 3 nitrogen and oxygen atoms in total. The molecule has 1 N–H and O–H groups in total. The monoisotopic (exact) mass is 376 g/mol. The molecule has 0 atom stereocenters. The van der Waals surface area contributed by atoms with E-state index in [1.165, 1.54) is 10.8 Å². The van der Waals surface area contributed by atoms with Gasteiger partial charge in [0.05, 0.1) is 12.1 Å². The van der Waals surface area contributed by atoms with E-state index in [1.54, 1.807) is 7.11 Å². The van der Waals surface area contributed by atoms with Crippen molar-refractivity contribution >= 4 is 39.4 Å². The number of methoxy groups -OCH3 is 1. The number of nitrogens with zero attached hydrogens (tertiary/aromatic N) is 1. The summed E-state index contributed by atoms with van der Waals surface area (Å²) < 4.78 is 5.25. The lowest BCUT2D eigenvalue weighted by atomic mass is 10.1. The van der Waals surface area contributed by atoms with Crippen molar-refractivity contribution in [3.05, 3.63) is 72.3 Å². The molecule has 0 heterocycles. The predicted molar refractivity (Wildman–Crippen MR) is 119 cm³/mol. The number of ether oxygens (including phenoxy) is 1. The van der Waals surface area contributed by atoms with E-state index in [-0.39, 0.29) is 0 Å². The van der Waals surface area contributed by atoms with Gasteiger partial charge in [-0.1, -0.05) is 55.5 Å². The van der Waals surface area contributed by atoms with Gasteiger partial charge in [0.25, 0.3) is 0 Å². The first-order valence-corrected chi connectivity index (χ1v) is 9.57. The highest BCUT2D eigenvalue weighted by atomic mass is 32.1. The summed E-state index contributed by atoms with van der Waals surface area (Å²) in [5.74, 6) is 0.838. The van der Waals surface area contributed by atoms with Crippen LogP contribution in [-0.2, 0) is 0 Å². The number of aliphatic imine (C=N–C) groups is 1. The number of thiocarbonyl (C=S) groups is 1. The van der Waals surface area contributed by atoms with E-state index in [0.29, 0.717) is 6.42 Å². The number of anilines is 1. The fourth-order valence-electron chi connectivity index (χ4n) is 2.96. The zero-order valence-corrected chi connectivity index (χ0v) is 16.6. The van der Waals surface area contributed by atoms with Gasteiger partial charge in [-0.15, -0.1) is 0 Å². The lowest BCUT2D eigenvalue weighted by Crippen LogP contribution is -2.16. The predicted octanol–water partition coefficient (Wildman–Crippen LogP) is 5.88. The summed E-state index contributed by atoms with van der Waals surface area (Å²) in [6.45, 7) is 2.92. The van der Waals surface area contributed by atoms with Crippen molar-refractivity contribution in [2.45, 2.75) is 19.8 Å². The molecule has 0 aromatic heterocycles. The van der Waals surface area contributed by atoms with Crippen molar-refractivity contribution in [2.75, 3.05) is 19.0 Å². The Kier molecular flexibility index (Phi) is 6.55. The SMILES string of the molecule is CCCN=C(CC(=S)Nc1cccc2ccccc12)c1ccc(OC)cc1. The average molecular weight is 377 g/mol. The van der Waals surface area contributed by atoms with Gasteiger partial charge in [0, 0.05) is 29.8 Å². The van der Waals surface area contributed by atoms with Crippen LogP contribution in [0.3, 0.4) is 0 Å². The Labute approximate surface area is 166 Å². The van der Waals surface area contributed by atoms with Gasteiger partial charge in [0.15, 0.2) is 0 Å². The molecule has 0 saturated heterocycles. The Bertz CT molecular complexity index is 943. The van der Waals surface area contributed by atoms with E-state index >= 15 is 0 Å². The van der Waals surface area contributed by atoms with Crippen LogP contribution in [0.15, 0.2) is 71.7 Å². The summed E-state index contributed by atoms with van der Waals surface area (Å²) in [6.07, 6.45) is 1.61. The third kappa shape index (κ3) is 4.92. The van der Waals surface area contributed by atoms with Crippen LogP contribution in [0.2, 0.25) is 0 Å². The van der Waals surface area contributed by atoms with Gasteiger partial charge in [-0.05, 0) is 47.7 Å². The third-order valence-electron chi connectivity index (χ3n) is 4.34. The minimum absolute atomic E-state index is 0.602. The fraction of sp³-hybridized carbons (Fsp3) is 0.217. The highest BCUT2D eigenvalue weighted by molar-refractivity contribution is 7.80. The molecule has 3 rings (SSSR count). The van der Waals surface area contributed by atoms with Crippen LogP contribution in [-0.4, -0.2) is 24.4 Å². The van der Waals surface area contributed by atoms with Crippen LogP contribution < -0.4 is 10.1 Å². The zero-order chi connectivity index (χ0) is 19.1. The average Bonchev–Trinajstić information content (AvgIpc) is 2.71. The number of fused-ring (bicyclic) bond motifs is 1. The van der Waals surface area contributed by atoms with Crippen LogP contribution in [0.5, 0.6) is 5.75 Å². The van der Waals surface area contributed by atoms with Crippen molar-refractivity contribution < 1.29 is 4.74 Å². The zero-order valence-electron chi connectivity index (χ0n) is 15.7. The standard InChI is InChI=1S/C23H24N2OS/c1-3-15-24-22(18-11-13-19(26-2)14-12-18)16-23(27)25-21-10-6-8-17-7-4-5-9-20(17)21/h4-14H,3,15-16H2,1-2H3,(H,25,27). The molecule has 27 heavy (non-hydrogen) atoms. The van der Waals surface area contributed by atoms with E-state index in [9.17, 15) is 0 Å². The molecule has 0 spiro atoms. The van der Waals surface area contributed by atoms with Gasteiger partial charge in [-0.25, -0.2) is 0 Å². The number of benzene rings is 3. The van der Waals surface area contributed by atoms with E-state index in [2.05, 4.69) is 36.5 Å². The molecule has 3 aromatic rings. The number of hydrogen-bond donors (Lipinski definition) is 1. The molecule has 0 aliphatic heterocycles. The van der Waals surface area contributed by atoms with E-state index < -0.39 is 0 Å². The van der Waals surface area contributed by atoms with Crippen LogP contribution in [0.4, 0.5) is 5.69 Å². The van der Waals surface area contributed by atoms with Crippen LogP contribution in [0.1, 0.15) is 25.3 Å². The van der Waals surface area contributed by atoms with E-state index in [0.717, 1.165) is 40.7 Å². The number of rotatable bonds is 7. The highest BCUT2D eigenvalue weighted by Crippen LogP contribution is 2.23. The van der Waals surface area contributed by atoms with Gasteiger partial charge >= 0.3 is 0 Å². The second-order valence-electron chi connectivity index (χ2n) is 6.31. The van der Waals surface area contributed by atoms with Crippen molar-refractivity contribution in [1.29, 1.82) is 0 Å². The number of hydrogen-bond acceptors (Lipinski definition) is 3. The quantitative estimate of drug-likeness (QED) is 0.413. The summed E-state index contributed by atoms with van der Waals surface area (Å²) in [5, 5.41) is 5.77. The van der Waals surface area contributed by atoms with Crippen LogP contribution in [0.25, 0.3) is 10.8 Å². The van der Waals surface area contributed by atoms with Gasteiger partial charge < -0.3 is 10.1 Å². The molecular weight excluding hydrogens is 352 g/mol. The molecular formula is C23H24N2OS. The third-order valence-corrected chi connectivity index (χ3v) is 4.59. The maximum Gasteiger partial charge on any atom is 0.118 e. The maximum atomic E-state index is 5.66. The van der Waals surface area contributed by atoms with Crippen LogP contribution in [0, 0.1) is 0 Å². The summed E-state index contributed by atoms with van der Waals surface area (Å²) >= 11 is 5.66. The Morgan fingerprint density at radius 2 is 1.74 bits per heavy atom. The minimum atomic E-state index is 0.602. The first-order valence-electron chi connectivity index (χ1n) is 9.16. The van der Waals surface area contributed by atoms with Crippen molar-refractivity contribution in [3.8, 4) is 5.75 Å². The minimum Gasteiger partial charge on any atom is -0.497 e. The largest absolute Gasteiger partial charge is 0.497 e. The molecule has 0 fully saturated rings. The summed E-state index contributed by atoms with van der Waals surface area (Å²) in [4.78, 5) is 5.52. The highest BCUT2D eigenvalue weighted by Gasteiger charge is 2.09. The molecule has 4 heteroatoms. The molecule has 0 aliphatic rings. The van der Waals surface area contributed by atoms with Crippen molar-refractivity contribution in [1.82, 2.24) is 0 Å². The van der Waals surface area contributed by atoms with E-state index in [4.69, 9.17) is 21.9 Å². The van der Waals surface area contributed by atoms with Crippen molar-refractivity contribution in [3.63, 3.8) is 0 Å². The van der Waals surface area contributed by atoms with Crippen molar-refractivity contribution in [2.24, 2.45) is 4.99 Å². The Balaban J connectivity index is 1.79. The lowest BCUT2D eigenvalue weighted by Gasteiger charge is -2.13. The van der Waals surface area contributed by atoms with Gasteiger partial charge in [-0.3, -0.25) is 4.99 Å². The fourth-order valence-corrected chi connectivity index (χ4v) is 3.21. The second-order valence-corrected chi connectivity index (χ2v) is 6.80. The first kappa shape index (κ1) is 19.1. The normalized spacial score (nSPS) is 11.4. The van der Waals surface area contributed by atoms with Crippen LogP contribution >= 0.6 is 12.2 Å². The summed E-state index contributed by atoms with van der Waals surface area (Å²) in [6, 6.07) is 22.5. The van der Waals surface area contributed by atoms with Gasteiger partial charge in [0.2, 0.25) is 0 Å². The smallest absolute Gasteiger partial charge is 0.118 e. The van der Waals surface area contributed by atoms with Gasteiger partial charge in [0.1, 0.15) is 5.75 Å². The summed E-state index contributed by atoms with van der Waals surface area (Å²) in [5.41, 5.74) is 3.10. The molecule has 0 amide bonds. The summed E-state index contributed by atoms with van der Waals surface area (Å²) in [7, 11) is 1.67. The first-order chi connectivity index (χ1) is 13.2. The Hall–Kier alpha value is -2.72. The number of nitrogens with one attached hydrogen (secondary N) is 1. The lowest BCUT2D eigenvalue weighted by molar-refractivity contribution is 0.415. The van der Waals surface area contributed by atoms with Gasteiger partial charge in [-0.2, -0.15) is 0 Å². The topological polar surface area (TPSA) is 33.6 Å². The Morgan fingerprint density at radius 1 is 1.00 bits per heavy atom. The molecule has 0 aliphatic carbocycles. The van der Waals surface area contributed by atoms with E-state index in [1.807, 2.05) is 42.5 Å². The maximum absolute atomic E-state index is 5.66. The molecule has 0 radical (unpaired) electrons. The Morgan fingerprint density at radius 3 is 2.48 bits per heavy atom. The molecule has 138 valence electrons. The molecule has 0 unspecified atom stereocenters. The molecule has 3 aromatic carbocycles. The molecule has 0 bridgehead atoms. The second kappa shape index (κ2) is 9.28.